The number of hydrogen-bond acceptors (Lipinski definition) is 3. The number of nitrogens with one attached hydrogen (secondary N) is 1. The van der Waals surface area contributed by atoms with E-state index in [1.54, 1.807) is 0 Å². The number of carboxylic acid groups (broad SMARTS) is 1. The fraction of sp³-hybridized carbons (Fsp3) is 0.250. The molecule has 0 bridgehead atoms. The van der Waals surface area contributed by atoms with Crippen LogP contribution >= 0.6 is 0 Å². The highest BCUT2D eigenvalue weighted by Crippen LogP contribution is 2.09. The van der Waals surface area contributed by atoms with Gasteiger partial charge < -0.3 is 10.4 Å². The Labute approximate surface area is 103 Å². The van der Waals surface area contributed by atoms with Crippen molar-refractivity contribution in [3.63, 3.8) is 0 Å². The molecule has 1 rings (SSSR count). The maximum absolute atomic E-state index is 13.5. The second-order valence-electron chi connectivity index (χ2n) is 3.36. The van der Waals surface area contributed by atoms with Crippen molar-refractivity contribution in [3.8, 4) is 11.8 Å². The van der Waals surface area contributed by atoms with E-state index >= 15 is 0 Å². The van der Waals surface area contributed by atoms with E-state index in [2.05, 4.69) is 22.1 Å². The molecule has 0 spiro atoms. The zero-order valence-electron chi connectivity index (χ0n) is 9.66. The van der Waals surface area contributed by atoms with Gasteiger partial charge in [-0.15, -0.1) is 0 Å². The summed E-state index contributed by atoms with van der Waals surface area (Å²) in [6, 6.07) is 1.07. The Balaban J connectivity index is 2.74. The summed E-state index contributed by atoms with van der Waals surface area (Å²) in [5.41, 5.74) is -0.672. The third kappa shape index (κ3) is 3.87. The molecule has 94 valence electrons. The molecule has 1 amide bonds. The van der Waals surface area contributed by atoms with E-state index in [0.29, 0.717) is 13.0 Å². The van der Waals surface area contributed by atoms with E-state index in [1.165, 1.54) is 13.1 Å². The number of halogens is 1. The largest absolute Gasteiger partial charge is 0.478 e. The Hall–Kier alpha value is -2.42. The summed E-state index contributed by atoms with van der Waals surface area (Å²) >= 11 is 0. The molecule has 5 nitrogen and oxygen atoms in total. The molecule has 0 aliphatic heterocycles. The third-order valence-corrected chi connectivity index (χ3v) is 1.95. The summed E-state index contributed by atoms with van der Waals surface area (Å²) < 4.78 is 13.5. The fourth-order valence-electron chi connectivity index (χ4n) is 1.14. The Bertz CT molecular complexity index is 532. The monoisotopic (exact) mass is 250 g/mol. The molecule has 0 aliphatic carbocycles. The normalized spacial score (nSPS) is 9.22. The summed E-state index contributed by atoms with van der Waals surface area (Å²) in [5, 5.41) is 11.2. The highest BCUT2D eigenvalue weighted by atomic mass is 19.1. The average Bonchev–Trinajstić information content (AvgIpc) is 2.30. The summed E-state index contributed by atoms with van der Waals surface area (Å²) in [5.74, 6) is 2.55. The van der Waals surface area contributed by atoms with Gasteiger partial charge in [0.15, 0.2) is 5.82 Å². The highest BCUT2D eigenvalue weighted by molar-refractivity contribution is 5.88. The number of aromatic carboxylic acids is 1. The van der Waals surface area contributed by atoms with Crippen LogP contribution in [0.1, 0.15) is 29.4 Å². The third-order valence-electron chi connectivity index (χ3n) is 1.95. The average molecular weight is 250 g/mol. The maximum atomic E-state index is 13.5. The molecule has 18 heavy (non-hydrogen) atoms. The predicted molar refractivity (Wildman–Crippen MR) is 61.3 cm³/mol. The summed E-state index contributed by atoms with van der Waals surface area (Å²) in [7, 11) is 0. The number of pyridine rings is 1. The Morgan fingerprint density at radius 2 is 2.28 bits per heavy atom. The molecule has 0 radical (unpaired) electrons. The van der Waals surface area contributed by atoms with Crippen molar-refractivity contribution >= 4 is 11.9 Å². The van der Waals surface area contributed by atoms with Gasteiger partial charge in [0.05, 0.1) is 5.56 Å². The molecule has 0 fully saturated rings. The van der Waals surface area contributed by atoms with Crippen LogP contribution in [0.5, 0.6) is 0 Å². The first-order chi connectivity index (χ1) is 8.52. The van der Waals surface area contributed by atoms with Crippen LogP contribution in [0.15, 0.2) is 12.3 Å². The van der Waals surface area contributed by atoms with Crippen LogP contribution in [0.3, 0.4) is 0 Å². The molecule has 0 aliphatic rings. The summed E-state index contributed by atoms with van der Waals surface area (Å²) in [6.07, 6.45) is 1.52. The Morgan fingerprint density at radius 1 is 1.56 bits per heavy atom. The van der Waals surface area contributed by atoms with Crippen LogP contribution in [0.25, 0.3) is 0 Å². The zero-order valence-corrected chi connectivity index (χ0v) is 9.66. The van der Waals surface area contributed by atoms with Gasteiger partial charge in [-0.2, -0.15) is 0 Å². The standard InChI is InChI=1S/C12H11FN2O3/c1-8(16)14-6-3-2-4-10-11(13)9(12(17)18)5-7-15-10/h5,7H,3,6H2,1H3,(H,14,16)(H,17,18). The topological polar surface area (TPSA) is 79.3 Å². The van der Waals surface area contributed by atoms with Crippen molar-refractivity contribution in [1.82, 2.24) is 10.3 Å². The molecule has 1 aromatic heterocycles. The first kappa shape index (κ1) is 13.6. The van der Waals surface area contributed by atoms with Crippen LogP contribution in [-0.2, 0) is 4.79 Å². The maximum Gasteiger partial charge on any atom is 0.338 e. The van der Waals surface area contributed by atoms with Crippen molar-refractivity contribution in [1.29, 1.82) is 0 Å². The van der Waals surface area contributed by atoms with Gasteiger partial charge in [-0.1, -0.05) is 5.92 Å². The van der Waals surface area contributed by atoms with Crippen molar-refractivity contribution in [3.05, 3.63) is 29.3 Å². The molecular weight excluding hydrogens is 239 g/mol. The van der Waals surface area contributed by atoms with Crippen molar-refractivity contribution in [2.45, 2.75) is 13.3 Å². The van der Waals surface area contributed by atoms with Gasteiger partial charge in [-0.3, -0.25) is 4.79 Å². The van der Waals surface area contributed by atoms with Gasteiger partial charge in [0, 0.05) is 26.1 Å². The van der Waals surface area contributed by atoms with Crippen molar-refractivity contribution in [2.24, 2.45) is 0 Å². The molecule has 0 unspecified atom stereocenters. The van der Waals surface area contributed by atoms with Gasteiger partial charge in [-0.25, -0.2) is 14.2 Å². The van der Waals surface area contributed by atoms with E-state index in [-0.39, 0.29) is 11.6 Å². The van der Waals surface area contributed by atoms with Crippen LogP contribution in [0, 0.1) is 17.7 Å². The molecule has 6 heteroatoms. The second kappa shape index (κ2) is 6.35. The first-order valence-electron chi connectivity index (χ1n) is 5.13. The minimum absolute atomic E-state index is 0.172. The second-order valence-corrected chi connectivity index (χ2v) is 3.36. The van der Waals surface area contributed by atoms with Gasteiger partial charge in [0.2, 0.25) is 5.91 Å². The minimum Gasteiger partial charge on any atom is -0.478 e. The fourth-order valence-corrected chi connectivity index (χ4v) is 1.14. The lowest BCUT2D eigenvalue weighted by Gasteiger charge is -1.98. The van der Waals surface area contributed by atoms with Gasteiger partial charge in [0.1, 0.15) is 5.69 Å². The number of carboxylic acids is 1. The molecule has 1 aromatic rings. The number of aromatic nitrogens is 1. The number of rotatable bonds is 3. The number of nitrogens with zero attached hydrogens (tertiary/aromatic N) is 1. The van der Waals surface area contributed by atoms with Crippen LogP contribution in [-0.4, -0.2) is 28.5 Å². The Kier molecular flexibility index (Phi) is 4.81. The minimum atomic E-state index is -1.36. The van der Waals surface area contributed by atoms with Crippen LogP contribution in [0.4, 0.5) is 4.39 Å². The van der Waals surface area contributed by atoms with E-state index in [1.807, 2.05) is 0 Å². The molecule has 0 aromatic carbocycles. The molecule has 0 atom stereocenters. The molecular formula is C12H11FN2O3. The van der Waals surface area contributed by atoms with Crippen LogP contribution < -0.4 is 5.32 Å². The van der Waals surface area contributed by atoms with Crippen molar-refractivity contribution in [2.75, 3.05) is 6.54 Å². The van der Waals surface area contributed by atoms with Crippen molar-refractivity contribution < 1.29 is 19.1 Å². The molecule has 2 N–H and O–H groups in total. The molecule has 0 saturated carbocycles. The lowest BCUT2D eigenvalue weighted by molar-refractivity contribution is -0.118. The predicted octanol–water partition coefficient (Wildman–Crippen LogP) is 0.797. The number of hydrogen-bond donors (Lipinski definition) is 2. The van der Waals surface area contributed by atoms with E-state index in [0.717, 1.165) is 6.07 Å². The summed E-state index contributed by atoms with van der Waals surface area (Å²) in [4.78, 5) is 24.9. The van der Waals surface area contributed by atoms with Gasteiger partial charge in [0.25, 0.3) is 0 Å². The molecule has 1 heterocycles. The summed E-state index contributed by atoms with van der Waals surface area (Å²) in [6.45, 7) is 1.73. The van der Waals surface area contributed by atoms with Crippen LogP contribution in [0.2, 0.25) is 0 Å². The van der Waals surface area contributed by atoms with E-state index in [4.69, 9.17) is 5.11 Å². The Morgan fingerprint density at radius 3 is 2.89 bits per heavy atom. The lowest BCUT2D eigenvalue weighted by Crippen LogP contribution is -2.20. The molecule has 0 saturated heterocycles. The first-order valence-corrected chi connectivity index (χ1v) is 5.13. The highest BCUT2D eigenvalue weighted by Gasteiger charge is 2.13. The number of amides is 1. The SMILES string of the molecule is CC(=O)NCCC#Cc1nccc(C(=O)O)c1F. The lowest BCUT2D eigenvalue weighted by atomic mass is 10.2. The van der Waals surface area contributed by atoms with E-state index < -0.39 is 17.3 Å². The zero-order chi connectivity index (χ0) is 13.5. The van der Waals surface area contributed by atoms with Gasteiger partial charge in [-0.05, 0) is 12.0 Å². The number of carbonyl (C=O) groups is 2. The smallest absolute Gasteiger partial charge is 0.338 e. The van der Waals surface area contributed by atoms with E-state index in [9.17, 15) is 14.0 Å². The quantitative estimate of drug-likeness (QED) is 0.614. The van der Waals surface area contributed by atoms with Gasteiger partial charge >= 0.3 is 5.97 Å². The number of carbonyl (C=O) groups excluding carboxylic acids is 1.